The molecule has 3 rings (SSSR count). The second-order valence-corrected chi connectivity index (χ2v) is 6.30. The minimum atomic E-state index is -0.663. The lowest BCUT2D eigenvalue weighted by Gasteiger charge is -2.27. The highest BCUT2D eigenvalue weighted by Gasteiger charge is 2.39. The molecule has 2 fully saturated rings. The molecule has 0 unspecified atom stereocenters. The first kappa shape index (κ1) is 14.5. The highest BCUT2D eigenvalue weighted by molar-refractivity contribution is 5.86. The van der Waals surface area contributed by atoms with Crippen molar-refractivity contribution in [1.82, 2.24) is 10.3 Å². The van der Waals surface area contributed by atoms with Gasteiger partial charge in [-0.15, -0.1) is 0 Å². The van der Waals surface area contributed by atoms with Gasteiger partial charge in [-0.25, -0.2) is 0 Å². The molecule has 3 N–H and O–H groups in total. The van der Waals surface area contributed by atoms with Crippen molar-refractivity contribution in [2.75, 3.05) is 13.2 Å². The molecule has 1 aliphatic carbocycles. The number of rotatable bonds is 4. The topological polar surface area (TPSA) is 77.2 Å². The zero-order chi connectivity index (χ0) is 14.7. The molecule has 1 aliphatic heterocycles. The van der Waals surface area contributed by atoms with Gasteiger partial charge in [-0.2, -0.15) is 0 Å². The monoisotopic (exact) mass is 289 g/mol. The van der Waals surface area contributed by atoms with Crippen LogP contribution in [0.3, 0.4) is 0 Å². The number of aromatic nitrogens is 1. The van der Waals surface area contributed by atoms with Crippen LogP contribution in [-0.2, 0) is 16.0 Å². The standard InChI is InChI=1S/C16H23N3O2/c17-16(5-1-2-6-16)15(20)19-14-11-21-10-13(14)9-12-3-7-18-8-4-12/h3-4,7-8,13-14H,1-2,5-6,9-11,17H2,(H,19,20)/t13-,14-/m1/s1. The van der Waals surface area contributed by atoms with Gasteiger partial charge >= 0.3 is 0 Å². The summed E-state index contributed by atoms with van der Waals surface area (Å²) in [4.78, 5) is 16.5. The zero-order valence-electron chi connectivity index (χ0n) is 12.3. The first-order chi connectivity index (χ1) is 10.2. The maximum atomic E-state index is 12.4. The second-order valence-electron chi connectivity index (χ2n) is 6.30. The van der Waals surface area contributed by atoms with E-state index in [1.165, 1.54) is 5.56 Å². The number of nitrogens with zero attached hydrogens (tertiary/aromatic N) is 1. The van der Waals surface area contributed by atoms with Crippen molar-refractivity contribution in [2.24, 2.45) is 11.7 Å². The smallest absolute Gasteiger partial charge is 0.240 e. The fraction of sp³-hybridized carbons (Fsp3) is 0.625. The Kier molecular flexibility index (Phi) is 4.22. The molecule has 1 saturated carbocycles. The number of nitrogens with one attached hydrogen (secondary N) is 1. The van der Waals surface area contributed by atoms with Gasteiger partial charge in [-0.1, -0.05) is 12.8 Å². The van der Waals surface area contributed by atoms with E-state index in [0.717, 1.165) is 32.1 Å². The Morgan fingerprint density at radius 3 is 2.76 bits per heavy atom. The molecule has 5 heteroatoms. The minimum absolute atomic E-state index is 0.00442. The van der Waals surface area contributed by atoms with Gasteiger partial charge in [0.05, 0.1) is 24.8 Å². The van der Waals surface area contributed by atoms with E-state index < -0.39 is 5.54 Å². The van der Waals surface area contributed by atoms with Gasteiger partial charge in [0, 0.05) is 18.3 Å². The molecule has 5 nitrogen and oxygen atoms in total. The Balaban J connectivity index is 1.60. The average molecular weight is 289 g/mol. The Hall–Kier alpha value is -1.46. The van der Waals surface area contributed by atoms with Crippen molar-refractivity contribution in [3.63, 3.8) is 0 Å². The first-order valence-corrected chi connectivity index (χ1v) is 7.74. The highest BCUT2D eigenvalue weighted by Crippen LogP contribution is 2.28. The van der Waals surface area contributed by atoms with Crippen molar-refractivity contribution >= 4 is 5.91 Å². The van der Waals surface area contributed by atoms with Gasteiger partial charge in [0.2, 0.25) is 5.91 Å². The zero-order valence-corrected chi connectivity index (χ0v) is 12.3. The molecule has 0 radical (unpaired) electrons. The largest absolute Gasteiger partial charge is 0.379 e. The van der Waals surface area contributed by atoms with Crippen molar-refractivity contribution in [3.8, 4) is 0 Å². The number of ether oxygens (including phenoxy) is 1. The van der Waals surface area contributed by atoms with E-state index in [9.17, 15) is 4.79 Å². The van der Waals surface area contributed by atoms with E-state index in [1.807, 2.05) is 12.1 Å². The van der Waals surface area contributed by atoms with Crippen LogP contribution in [0.2, 0.25) is 0 Å². The third-order valence-electron chi connectivity index (χ3n) is 4.71. The van der Waals surface area contributed by atoms with Crippen LogP contribution in [0.1, 0.15) is 31.2 Å². The molecule has 21 heavy (non-hydrogen) atoms. The quantitative estimate of drug-likeness (QED) is 0.868. The number of pyridine rings is 1. The van der Waals surface area contributed by atoms with Crippen LogP contribution in [0, 0.1) is 5.92 Å². The highest BCUT2D eigenvalue weighted by atomic mass is 16.5. The van der Waals surface area contributed by atoms with Crippen molar-refractivity contribution < 1.29 is 9.53 Å². The lowest BCUT2D eigenvalue weighted by Crippen LogP contribution is -2.55. The molecule has 2 atom stereocenters. The van der Waals surface area contributed by atoms with Gasteiger partial charge in [-0.3, -0.25) is 9.78 Å². The third-order valence-corrected chi connectivity index (χ3v) is 4.71. The minimum Gasteiger partial charge on any atom is -0.379 e. The van der Waals surface area contributed by atoms with E-state index in [0.29, 0.717) is 19.1 Å². The van der Waals surface area contributed by atoms with Gasteiger partial charge in [-0.05, 0) is 37.0 Å². The number of amides is 1. The Bertz CT molecular complexity index is 486. The molecule has 2 heterocycles. The predicted molar refractivity (Wildman–Crippen MR) is 79.6 cm³/mol. The summed E-state index contributed by atoms with van der Waals surface area (Å²) in [6.45, 7) is 1.27. The molecule has 0 spiro atoms. The van der Waals surface area contributed by atoms with Crippen LogP contribution in [-0.4, -0.2) is 35.7 Å². The first-order valence-electron chi connectivity index (χ1n) is 7.74. The molecule has 1 aromatic heterocycles. The van der Waals surface area contributed by atoms with Crippen LogP contribution in [0.25, 0.3) is 0 Å². The molecular formula is C16H23N3O2. The van der Waals surface area contributed by atoms with E-state index in [4.69, 9.17) is 10.5 Å². The van der Waals surface area contributed by atoms with Crippen LogP contribution in [0.15, 0.2) is 24.5 Å². The van der Waals surface area contributed by atoms with Gasteiger partial charge in [0.15, 0.2) is 0 Å². The summed E-state index contributed by atoms with van der Waals surface area (Å²) in [5.41, 5.74) is 6.78. The Morgan fingerprint density at radius 2 is 2.05 bits per heavy atom. The molecule has 114 valence electrons. The maximum Gasteiger partial charge on any atom is 0.240 e. The van der Waals surface area contributed by atoms with Crippen molar-refractivity contribution in [3.05, 3.63) is 30.1 Å². The molecule has 2 aliphatic rings. The van der Waals surface area contributed by atoms with Crippen LogP contribution < -0.4 is 11.1 Å². The van der Waals surface area contributed by atoms with Crippen LogP contribution in [0.5, 0.6) is 0 Å². The number of carbonyl (C=O) groups is 1. The molecule has 1 amide bonds. The summed E-state index contributed by atoms with van der Waals surface area (Å²) < 4.78 is 5.57. The number of carbonyl (C=O) groups excluding carboxylic acids is 1. The average Bonchev–Trinajstić information content (AvgIpc) is 3.11. The van der Waals surface area contributed by atoms with Gasteiger partial charge in [0.25, 0.3) is 0 Å². The molecule has 1 saturated heterocycles. The van der Waals surface area contributed by atoms with E-state index >= 15 is 0 Å². The summed E-state index contributed by atoms with van der Waals surface area (Å²) >= 11 is 0. The summed E-state index contributed by atoms with van der Waals surface area (Å²) in [6, 6.07) is 4.09. The fourth-order valence-corrected chi connectivity index (χ4v) is 3.33. The summed E-state index contributed by atoms with van der Waals surface area (Å²) in [6.07, 6.45) is 8.17. The predicted octanol–water partition coefficient (Wildman–Crippen LogP) is 1.03. The summed E-state index contributed by atoms with van der Waals surface area (Å²) in [5.74, 6) is 0.302. The third kappa shape index (κ3) is 3.24. The molecular weight excluding hydrogens is 266 g/mol. The molecule has 0 bridgehead atoms. The number of nitrogens with two attached hydrogens (primary N) is 1. The summed E-state index contributed by atoms with van der Waals surface area (Å²) in [7, 11) is 0. The van der Waals surface area contributed by atoms with Crippen molar-refractivity contribution in [2.45, 2.75) is 43.7 Å². The SMILES string of the molecule is NC1(C(=O)N[C@@H]2COC[C@H]2Cc2ccncc2)CCCC1. The second kappa shape index (κ2) is 6.12. The van der Waals surface area contributed by atoms with Crippen LogP contribution in [0.4, 0.5) is 0 Å². The van der Waals surface area contributed by atoms with E-state index in [2.05, 4.69) is 10.3 Å². The Labute approximate surface area is 125 Å². The summed E-state index contributed by atoms with van der Waals surface area (Å²) in [5, 5.41) is 3.13. The van der Waals surface area contributed by atoms with E-state index in [1.54, 1.807) is 12.4 Å². The lowest BCUT2D eigenvalue weighted by atomic mass is 9.93. The molecule has 0 aromatic carbocycles. The maximum absolute atomic E-state index is 12.4. The van der Waals surface area contributed by atoms with E-state index in [-0.39, 0.29) is 11.9 Å². The lowest BCUT2D eigenvalue weighted by molar-refractivity contribution is -0.127. The Morgan fingerprint density at radius 1 is 1.33 bits per heavy atom. The van der Waals surface area contributed by atoms with Crippen molar-refractivity contribution in [1.29, 1.82) is 0 Å². The number of hydrogen-bond donors (Lipinski definition) is 2. The van der Waals surface area contributed by atoms with Gasteiger partial charge < -0.3 is 15.8 Å². The van der Waals surface area contributed by atoms with Gasteiger partial charge in [0.1, 0.15) is 0 Å². The fourth-order valence-electron chi connectivity index (χ4n) is 3.33. The number of hydrogen-bond acceptors (Lipinski definition) is 4. The van der Waals surface area contributed by atoms with Crippen LogP contribution >= 0.6 is 0 Å². The molecule has 1 aromatic rings. The normalized spacial score (nSPS) is 27.7.